The normalized spacial score (nSPS) is 29.9. The lowest BCUT2D eigenvalue weighted by molar-refractivity contribution is -0.122. The molecule has 4 bridgehead atoms. The number of rotatable bonds is 7. The molecule has 1 saturated heterocycles. The number of ketones is 1. The molecule has 5 fully saturated rings. The molecule has 7 rings (SSSR count). The van der Waals surface area contributed by atoms with Crippen molar-refractivity contribution in [3.8, 4) is 5.75 Å². The Morgan fingerprint density at radius 1 is 1.03 bits per heavy atom. The fraction of sp³-hybridized carbons (Fsp3) is 0.433. The largest absolute Gasteiger partial charge is 0.493 e. The Kier molecular flexibility index (Phi) is 6.03. The highest BCUT2D eigenvalue weighted by molar-refractivity contribution is 8.18. The van der Waals surface area contributed by atoms with Crippen molar-refractivity contribution in [2.75, 3.05) is 13.2 Å². The Hall–Kier alpha value is -2.86. The Morgan fingerprint density at radius 3 is 2.33 bits per heavy atom. The van der Waals surface area contributed by atoms with Crippen LogP contribution in [0.5, 0.6) is 5.75 Å². The van der Waals surface area contributed by atoms with Gasteiger partial charge < -0.3 is 4.74 Å². The first kappa shape index (κ1) is 23.5. The van der Waals surface area contributed by atoms with Gasteiger partial charge in [0, 0.05) is 11.1 Å². The first-order valence-electron chi connectivity index (χ1n) is 13.0. The van der Waals surface area contributed by atoms with Gasteiger partial charge in [0.15, 0.2) is 5.78 Å². The van der Waals surface area contributed by atoms with Crippen LogP contribution in [0, 0.1) is 17.8 Å². The van der Waals surface area contributed by atoms with Crippen molar-refractivity contribution in [3.63, 3.8) is 0 Å². The van der Waals surface area contributed by atoms with Crippen LogP contribution in [-0.2, 0) is 10.2 Å². The zero-order chi connectivity index (χ0) is 24.9. The predicted molar refractivity (Wildman–Crippen MR) is 141 cm³/mol. The average molecular weight is 502 g/mol. The molecule has 0 unspecified atom stereocenters. The summed E-state index contributed by atoms with van der Waals surface area (Å²) in [6, 6.07) is 15.2. The van der Waals surface area contributed by atoms with Crippen molar-refractivity contribution in [3.05, 3.63) is 70.1 Å². The summed E-state index contributed by atoms with van der Waals surface area (Å²) < 4.78 is 5.91. The molecule has 0 radical (unpaired) electrons. The minimum Gasteiger partial charge on any atom is -0.493 e. The number of hydrogen-bond acceptors (Lipinski definition) is 5. The van der Waals surface area contributed by atoms with Crippen LogP contribution in [0.25, 0.3) is 6.08 Å². The van der Waals surface area contributed by atoms with Crippen molar-refractivity contribution in [2.24, 2.45) is 17.8 Å². The molecule has 0 aromatic heterocycles. The van der Waals surface area contributed by atoms with E-state index in [1.807, 2.05) is 19.1 Å². The Bertz CT molecular complexity index is 1220. The van der Waals surface area contributed by atoms with Crippen LogP contribution in [0.1, 0.15) is 66.9 Å². The lowest BCUT2D eigenvalue weighted by Gasteiger charge is -2.57. The van der Waals surface area contributed by atoms with E-state index in [-0.39, 0.29) is 17.7 Å². The van der Waals surface area contributed by atoms with E-state index in [1.54, 1.807) is 30.3 Å². The number of imide groups is 1. The summed E-state index contributed by atoms with van der Waals surface area (Å²) >= 11 is 0.897. The van der Waals surface area contributed by atoms with Crippen molar-refractivity contribution in [1.82, 2.24) is 4.90 Å². The standard InChI is InChI=1S/C30H31NO4S/c1-2-35-26-9-8-24(30-15-19-10-20(16-30)12-21(11-19)17-30)13-23(26)14-27-28(33)31(29(34)36-27)18-25(32)22-6-4-3-5-7-22/h3-9,13-14,19-21H,2,10-12,15-18H2,1H3/b27-14+. The van der Waals surface area contributed by atoms with Crippen LogP contribution in [0.2, 0.25) is 0 Å². The minimum atomic E-state index is -0.420. The van der Waals surface area contributed by atoms with Gasteiger partial charge >= 0.3 is 0 Å². The highest BCUT2D eigenvalue weighted by Crippen LogP contribution is 2.61. The van der Waals surface area contributed by atoms with E-state index in [0.717, 1.165) is 45.7 Å². The molecule has 2 aromatic rings. The molecule has 2 aromatic carbocycles. The van der Waals surface area contributed by atoms with Crippen LogP contribution in [-0.4, -0.2) is 35.0 Å². The Labute approximate surface area is 216 Å². The van der Waals surface area contributed by atoms with E-state index < -0.39 is 11.1 Å². The summed E-state index contributed by atoms with van der Waals surface area (Å²) in [5.74, 6) is 2.56. The van der Waals surface area contributed by atoms with Crippen LogP contribution in [0.3, 0.4) is 0 Å². The highest BCUT2D eigenvalue weighted by Gasteiger charge is 2.51. The van der Waals surface area contributed by atoms with Gasteiger partial charge in [0.2, 0.25) is 0 Å². The maximum atomic E-state index is 13.2. The molecule has 0 spiro atoms. The van der Waals surface area contributed by atoms with Crippen molar-refractivity contribution in [2.45, 2.75) is 50.9 Å². The van der Waals surface area contributed by atoms with Crippen molar-refractivity contribution < 1.29 is 19.1 Å². The second kappa shape index (κ2) is 9.22. The van der Waals surface area contributed by atoms with Crippen LogP contribution >= 0.6 is 11.8 Å². The van der Waals surface area contributed by atoms with Gasteiger partial charge in [0.25, 0.3) is 11.1 Å². The van der Waals surface area contributed by atoms with Gasteiger partial charge in [-0.1, -0.05) is 36.4 Å². The van der Waals surface area contributed by atoms with Gasteiger partial charge in [-0.15, -0.1) is 0 Å². The number of hydrogen-bond donors (Lipinski definition) is 0. The van der Waals surface area contributed by atoms with E-state index in [2.05, 4.69) is 12.1 Å². The molecular formula is C30H31NO4S. The quantitative estimate of drug-likeness (QED) is 0.321. The zero-order valence-corrected chi connectivity index (χ0v) is 21.4. The fourth-order valence-electron chi connectivity index (χ4n) is 7.38. The number of ether oxygens (including phenoxy) is 1. The summed E-state index contributed by atoms with van der Waals surface area (Å²) in [4.78, 5) is 39.9. The molecule has 36 heavy (non-hydrogen) atoms. The number of benzene rings is 2. The number of thioether (sulfide) groups is 1. The van der Waals surface area contributed by atoms with E-state index in [0.29, 0.717) is 17.1 Å². The number of Topliss-reactive ketones (excluding diaryl/α,β-unsaturated/α-hetero) is 1. The molecule has 6 heteroatoms. The minimum absolute atomic E-state index is 0.226. The first-order valence-corrected chi connectivity index (χ1v) is 13.9. The van der Waals surface area contributed by atoms with E-state index in [9.17, 15) is 14.4 Å². The number of amides is 2. The molecule has 1 aliphatic heterocycles. The van der Waals surface area contributed by atoms with E-state index in [1.165, 1.54) is 44.1 Å². The fourth-order valence-corrected chi connectivity index (χ4v) is 8.21. The highest BCUT2D eigenvalue weighted by atomic mass is 32.2. The van der Waals surface area contributed by atoms with E-state index in [4.69, 9.17) is 4.74 Å². The molecule has 0 N–H and O–H groups in total. The maximum Gasteiger partial charge on any atom is 0.293 e. The van der Waals surface area contributed by atoms with Gasteiger partial charge in [-0.2, -0.15) is 0 Å². The van der Waals surface area contributed by atoms with E-state index >= 15 is 0 Å². The molecule has 186 valence electrons. The summed E-state index contributed by atoms with van der Waals surface area (Å²) in [6.45, 7) is 2.21. The summed E-state index contributed by atoms with van der Waals surface area (Å²) in [5, 5.41) is -0.411. The predicted octanol–water partition coefficient (Wildman–Crippen LogP) is 6.47. The average Bonchev–Trinajstić information content (AvgIpc) is 3.12. The second-order valence-electron chi connectivity index (χ2n) is 10.9. The molecule has 1 heterocycles. The Balaban J connectivity index is 1.29. The third kappa shape index (κ3) is 4.19. The van der Waals surface area contributed by atoms with Crippen molar-refractivity contribution in [1.29, 1.82) is 0 Å². The SMILES string of the molecule is CCOc1ccc(C23CC4CC(CC(C4)C2)C3)cc1/C=C1/SC(=O)N(CC(=O)c2ccccc2)C1=O. The molecule has 5 aliphatic rings. The van der Waals surface area contributed by atoms with Gasteiger partial charge in [-0.3, -0.25) is 19.3 Å². The Morgan fingerprint density at radius 2 is 1.69 bits per heavy atom. The number of carbonyl (C=O) groups is 3. The first-order chi connectivity index (χ1) is 17.4. The summed E-state index contributed by atoms with van der Waals surface area (Å²) in [7, 11) is 0. The number of carbonyl (C=O) groups excluding carboxylic acids is 3. The van der Waals surface area contributed by atoms with Gasteiger partial charge in [0.05, 0.1) is 18.1 Å². The molecule has 2 amide bonds. The molecule has 4 aliphatic carbocycles. The topological polar surface area (TPSA) is 63.7 Å². The molecule has 0 atom stereocenters. The third-order valence-electron chi connectivity index (χ3n) is 8.52. The van der Waals surface area contributed by atoms with Crippen LogP contribution in [0.4, 0.5) is 4.79 Å². The third-order valence-corrected chi connectivity index (χ3v) is 9.43. The van der Waals surface area contributed by atoms with Gasteiger partial charge in [-0.25, -0.2) is 0 Å². The lowest BCUT2D eigenvalue weighted by atomic mass is 9.48. The second-order valence-corrected chi connectivity index (χ2v) is 11.9. The maximum absolute atomic E-state index is 13.2. The summed E-state index contributed by atoms with van der Waals surface area (Å²) in [6.07, 6.45) is 9.71. The van der Waals surface area contributed by atoms with Gasteiger partial charge in [-0.05, 0) is 104 Å². The molecule has 4 saturated carbocycles. The smallest absolute Gasteiger partial charge is 0.293 e. The summed E-state index contributed by atoms with van der Waals surface area (Å²) in [5.41, 5.74) is 2.89. The number of nitrogens with zero attached hydrogens (tertiary/aromatic N) is 1. The molecular weight excluding hydrogens is 470 g/mol. The van der Waals surface area contributed by atoms with Crippen LogP contribution < -0.4 is 4.74 Å². The lowest BCUT2D eigenvalue weighted by Crippen LogP contribution is -2.48. The van der Waals surface area contributed by atoms with Crippen molar-refractivity contribution >= 4 is 34.8 Å². The monoisotopic (exact) mass is 501 g/mol. The zero-order valence-electron chi connectivity index (χ0n) is 20.6. The van der Waals surface area contributed by atoms with Crippen LogP contribution in [0.15, 0.2) is 53.4 Å². The molecule has 5 nitrogen and oxygen atoms in total. The van der Waals surface area contributed by atoms with Gasteiger partial charge in [0.1, 0.15) is 5.75 Å².